The van der Waals surface area contributed by atoms with Crippen molar-refractivity contribution >= 4 is 11.9 Å². The molecule has 0 saturated carbocycles. The van der Waals surface area contributed by atoms with Crippen molar-refractivity contribution in [2.75, 3.05) is 0 Å². The van der Waals surface area contributed by atoms with E-state index in [9.17, 15) is 40.3 Å². The molecule has 1 rings (SSSR count). The van der Waals surface area contributed by atoms with E-state index in [1.807, 2.05) is 0 Å². The number of carboxylic acids is 1. The molecule has 0 fully saturated rings. The number of carboxylic acid groups (broad SMARTS) is 1. The van der Waals surface area contributed by atoms with Crippen molar-refractivity contribution in [3.63, 3.8) is 0 Å². The van der Waals surface area contributed by atoms with Crippen LogP contribution in [0.4, 0.5) is 30.7 Å². The van der Waals surface area contributed by atoms with Crippen molar-refractivity contribution in [3.8, 4) is 0 Å². The van der Waals surface area contributed by atoms with Crippen LogP contribution < -0.4 is 5.32 Å². The third-order valence-corrected chi connectivity index (χ3v) is 2.67. The number of aliphatic carboxylic acids is 1. The van der Waals surface area contributed by atoms with Crippen LogP contribution >= 0.6 is 0 Å². The Labute approximate surface area is 123 Å². The molecule has 0 bridgehead atoms. The van der Waals surface area contributed by atoms with Crippen LogP contribution in [0, 0.1) is 5.82 Å². The fourth-order valence-electron chi connectivity index (χ4n) is 1.62. The van der Waals surface area contributed by atoms with E-state index in [1.165, 1.54) is 0 Å². The molecule has 1 amide bonds. The highest BCUT2D eigenvalue weighted by Crippen LogP contribution is 2.32. The van der Waals surface area contributed by atoms with Gasteiger partial charge in [-0.25, -0.2) is 9.18 Å². The minimum absolute atomic E-state index is 0.392. The van der Waals surface area contributed by atoms with E-state index in [2.05, 4.69) is 0 Å². The second-order valence-corrected chi connectivity index (χ2v) is 4.34. The van der Waals surface area contributed by atoms with Crippen molar-refractivity contribution in [2.45, 2.75) is 24.8 Å². The van der Waals surface area contributed by atoms with E-state index < -0.39 is 53.6 Å². The molecule has 1 aromatic rings. The summed E-state index contributed by atoms with van der Waals surface area (Å²) in [4.78, 5) is 21.5. The predicted octanol–water partition coefficient (Wildman–Crippen LogP) is 2.52. The average molecular weight is 347 g/mol. The van der Waals surface area contributed by atoms with Crippen LogP contribution in [0.15, 0.2) is 18.2 Å². The second-order valence-electron chi connectivity index (χ2n) is 4.34. The summed E-state index contributed by atoms with van der Waals surface area (Å²) in [5, 5.41) is 9.82. The van der Waals surface area contributed by atoms with Gasteiger partial charge < -0.3 is 10.4 Å². The van der Waals surface area contributed by atoms with Crippen molar-refractivity contribution < 1.29 is 45.4 Å². The zero-order valence-corrected chi connectivity index (χ0v) is 10.9. The summed E-state index contributed by atoms with van der Waals surface area (Å²) in [6.45, 7) is 0. The maximum atomic E-state index is 13.7. The molecule has 0 radical (unpaired) electrons. The third-order valence-electron chi connectivity index (χ3n) is 2.67. The van der Waals surface area contributed by atoms with Gasteiger partial charge in [0.25, 0.3) is 0 Å². The van der Waals surface area contributed by atoms with Crippen LogP contribution in [0.2, 0.25) is 0 Å². The third kappa shape index (κ3) is 4.83. The lowest BCUT2D eigenvalue weighted by molar-refractivity contribution is -0.175. The van der Waals surface area contributed by atoms with Gasteiger partial charge in [-0.3, -0.25) is 4.79 Å². The molecule has 0 aliphatic heterocycles. The Bertz CT molecular complexity index is 610. The zero-order chi connectivity index (χ0) is 18.0. The Morgan fingerprint density at radius 2 is 1.70 bits per heavy atom. The highest BCUT2D eigenvalue weighted by molar-refractivity contribution is 5.87. The lowest BCUT2D eigenvalue weighted by Gasteiger charge is -2.17. The van der Waals surface area contributed by atoms with E-state index in [4.69, 9.17) is 5.11 Å². The van der Waals surface area contributed by atoms with Gasteiger partial charge in [-0.2, -0.15) is 26.3 Å². The van der Waals surface area contributed by atoms with Gasteiger partial charge in [-0.1, -0.05) is 12.1 Å². The van der Waals surface area contributed by atoms with Crippen LogP contribution in [0.5, 0.6) is 0 Å². The number of amides is 1. The molecule has 0 aliphatic rings. The first kappa shape index (κ1) is 18.7. The van der Waals surface area contributed by atoms with E-state index in [1.54, 1.807) is 0 Å². The van der Waals surface area contributed by atoms with Gasteiger partial charge >= 0.3 is 24.2 Å². The predicted molar refractivity (Wildman–Crippen MR) is 60.7 cm³/mol. The average Bonchev–Trinajstić information content (AvgIpc) is 2.37. The summed E-state index contributed by atoms with van der Waals surface area (Å²) >= 11 is 0. The number of carbonyl (C=O) groups is 2. The van der Waals surface area contributed by atoms with E-state index in [0.717, 1.165) is 17.4 Å². The molecule has 128 valence electrons. The first-order valence-corrected chi connectivity index (χ1v) is 5.79. The SMILES string of the molecule is O=C(O)C(Cc1cccc(C(F)(F)F)c1F)NC(=O)C(F)(F)F. The molecule has 4 nitrogen and oxygen atoms in total. The fraction of sp³-hybridized carbons (Fsp3) is 0.333. The molecule has 0 heterocycles. The molecule has 1 aromatic carbocycles. The van der Waals surface area contributed by atoms with Gasteiger partial charge in [-0.05, 0) is 11.6 Å². The zero-order valence-electron chi connectivity index (χ0n) is 10.9. The van der Waals surface area contributed by atoms with E-state index in [0.29, 0.717) is 6.07 Å². The number of hydrogen-bond acceptors (Lipinski definition) is 2. The molecule has 1 unspecified atom stereocenters. The number of nitrogens with one attached hydrogen (secondary N) is 1. The maximum Gasteiger partial charge on any atom is 0.471 e. The highest BCUT2D eigenvalue weighted by Gasteiger charge is 2.41. The summed E-state index contributed by atoms with van der Waals surface area (Å²) < 4.78 is 87.5. The minimum Gasteiger partial charge on any atom is -0.480 e. The molecular formula is C12H8F7NO3. The van der Waals surface area contributed by atoms with E-state index in [-0.39, 0.29) is 0 Å². The molecular weight excluding hydrogens is 339 g/mol. The molecule has 0 aliphatic carbocycles. The van der Waals surface area contributed by atoms with Crippen molar-refractivity contribution in [3.05, 3.63) is 35.1 Å². The van der Waals surface area contributed by atoms with Gasteiger partial charge in [-0.15, -0.1) is 0 Å². The Morgan fingerprint density at radius 3 is 2.13 bits per heavy atom. The normalized spacial score (nSPS) is 13.5. The molecule has 23 heavy (non-hydrogen) atoms. The number of benzene rings is 1. The number of carbonyl (C=O) groups excluding carboxylic acids is 1. The van der Waals surface area contributed by atoms with Crippen LogP contribution in [0.3, 0.4) is 0 Å². The lowest BCUT2D eigenvalue weighted by Crippen LogP contribution is -2.48. The Hall–Kier alpha value is -2.33. The molecule has 11 heteroatoms. The van der Waals surface area contributed by atoms with Gasteiger partial charge in [0.05, 0.1) is 5.56 Å². The highest BCUT2D eigenvalue weighted by atomic mass is 19.4. The molecule has 0 aromatic heterocycles. The summed E-state index contributed by atoms with van der Waals surface area (Å²) in [5.41, 5.74) is -2.49. The maximum absolute atomic E-state index is 13.7. The lowest BCUT2D eigenvalue weighted by atomic mass is 10.0. The monoisotopic (exact) mass is 347 g/mol. The van der Waals surface area contributed by atoms with Crippen LogP contribution in [-0.4, -0.2) is 29.2 Å². The Balaban J connectivity index is 3.08. The Kier molecular flexibility index (Phi) is 5.23. The summed E-state index contributed by atoms with van der Waals surface area (Å²) in [5.74, 6) is -6.37. The van der Waals surface area contributed by atoms with Gasteiger partial charge in [0, 0.05) is 6.42 Å². The van der Waals surface area contributed by atoms with Crippen molar-refractivity contribution in [2.24, 2.45) is 0 Å². The minimum atomic E-state index is -5.39. The van der Waals surface area contributed by atoms with Crippen LogP contribution in [0.25, 0.3) is 0 Å². The molecule has 1 atom stereocenters. The van der Waals surface area contributed by atoms with E-state index >= 15 is 0 Å². The van der Waals surface area contributed by atoms with Gasteiger partial charge in [0.2, 0.25) is 0 Å². The Morgan fingerprint density at radius 1 is 1.13 bits per heavy atom. The number of rotatable bonds is 4. The van der Waals surface area contributed by atoms with Crippen LogP contribution in [-0.2, 0) is 22.2 Å². The van der Waals surface area contributed by atoms with Crippen molar-refractivity contribution in [1.82, 2.24) is 5.32 Å². The summed E-state index contributed by atoms with van der Waals surface area (Å²) in [6, 6.07) is -0.309. The van der Waals surface area contributed by atoms with Gasteiger partial charge in [0.15, 0.2) is 0 Å². The second kappa shape index (κ2) is 6.42. The first-order chi connectivity index (χ1) is 10.3. The summed E-state index contributed by atoms with van der Waals surface area (Å²) in [6.07, 6.45) is -11.5. The molecule has 0 spiro atoms. The topological polar surface area (TPSA) is 66.4 Å². The van der Waals surface area contributed by atoms with Crippen LogP contribution in [0.1, 0.15) is 11.1 Å². The molecule has 2 N–H and O–H groups in total. The fourth-order valence-corrected chi connectivity index (χ4v) is 1.62. The quantitative estimate of drug-likeness (QED) is 0.823. The number of alkyl halides is 6. The summed E-state index contributed by atoms with van der Waals surface area (Å²) in [7, 11) is 0. The number of hydrogen-bond donors (Lipinski definition) is 2. The smallest absolute Gasteiger partial charge is 0.471 e. The number of halogens is 7. The van der Waals surface area contributed by atoms with Gasteiger partial charge in [0.1, 0.15) is 11.9 Å². The first-order valence-electron chi connectivity index (χ1n) is 5.79. The largest absolute Gasteiger partial charge is 0.480 e. The standard InChI is InChI=1S/C12H8F7NO3/c13-8-5(2-1-3-6(8)11(14,15)16)4-7(9(21)22)20-10(23)12(17,18)19/h1-3,7H,4H2,(H,20,23)(H,21,22). The molecule has 0 saturated heterocycles. The van der Waals surface area contributed by atoms with Crippen molar-refractivity contribution in [1.29, 1.82) is 0 Å².